The van der Waals surface area contributed by atoms with Gasteiger partial charge in [0.1, 0.15) is 0 Å². The second kappa shape index (κ2) is 5.15. The zero-order valence-corrected chi connectivity index (χ0v) is 10.2. The third-order valence-electron chi connectivity index (χ3n) is 3.16. The average molecular weight is 216 g/mol. The Morgan fingerprint density at radius 3 is 2.62 bits per heavy atom. The summed E-state index contributed by atoms with van der Waals surface area (Å²) in [5.74, 6) is 0. The molecule has 0 saturated heterocycles. The van der Waals surface area contributed by atoms with Crippen LogP contribution in [0, 0.1) is 0 Å². The average Bonchev–Trinajstić information content (AvgIpc) is 2.72. The van der Waals surface area contributed by atoms with Crippen LogP contribution >= 0.6 is 0 Å². The molecule has 0 bridgehead atoms. The van der Waals surface area contributed by atoms with Crippen LogP contribution in [0.3, 0.4) is 0 Å². The molecule has 0 amide bonds. The van der Waals surface area contributed by atoms with Crippen molar-refractivity contribution in [2.45, 2.75) is 45.6 Å². The lowest BCUT2D eigenvalue weighted by atomic mass is 10.1. The van der Waals surface area contributed by atoms with Gasteiger partial charge in [-0.15, -0.1) is 0 Å². The lowest BCUT2D eigenvalue weighted by Gasteiger charge is -2.18. The van der Waals surface area contributed by atoms with E-state index in [1.165, 1.54) is 36.6 Å². The Morgan fingerprint density at radius 2 is 1.94 bits per heavy atom. The third kappa shape index (κ3) is 2.11. The summed E-state index contributed by atoms with van der Waals surface area (Å²) in [5.41, 5.74) is 1.27. The molecule has 2 aromatic heterocycles. The van der Waals surface area contributed by atoms with Crippen LogP contribution in [0.4, 0.5) is 0 Å². The van der Waals surface area contributed by atoms with Gasteiger partial charge < -0.3 is 4.57 Å². The molecule has 2 rings (SSSR count). The number of pyridine rings is 1. The Bertz CT molecular complexity index is 439. The Morgan fingerprint density at radius 1 is 1.19 bits per heavy atom. The molecule has 0 spiro atoms. The largest absolute Gasteiger partial charge is 0.343 e. The van der Waals surface area contributed by atoms with E-state index in [1.54, 1.807) is 0 Å². The molecule has 16 heavy (non-hydrogen) atoms. The van der Waals surface area contributed by atoms with Gasteiger partial charge in [-0.3, -0.25) is 4.98 Å². The van der Waals surface area contributed by atoms with Crippen molar-refractivity contribution >= 4 is 10.9 Å². The van der Waals surface area contributed by atoms with Crippen LogP contribution in [0.1, 0.15) is 45.6 Å². The van der Waals surface area contributed by atoms with Crippen LogP contribution in [0.25, 0.3) is 10.9 Å². The topological polar surface area (TPSA) is 17.8 Å². The van der Waals surface area contributed by atoms with Gasteiger partial charge in [0.25, 0.3) is 0 Å². The van der Waals surface area contributed by atoms with Gasteiger partial charge in [-0.2, -0.15) is 0 Å². The summed E-state index contributed by atoms with van der Waals surface area (Å²) in [6.07, 6.45) is 11.0. The molecular formula is C14H20N2. The van der Waals surface area contributed by atoms with Gasteiger partial charge >= 0.3 is 0 Å². The number of aromatic nitrogens is 2. The molecule has 0 aliphatic heterocycles. The molecule has 2 heterocycles. The number of rotatable bonds is 5. The first-order valence-electron chi connectivity index (χ1n) is 6.27. The lowest BCUT2D eigenvalue weighted by Crippen LogP contribution is -2.07. The van der Waals surface area contributed by atoms with E-state index in [2.05, 4.69) is 41.7 Å². The van der Waals surface area contributed by atoms with E-state index in [1.807, 2.05) is 12.4 Å². The standard InChI is InChI=1S/C14H20N2/c1-3-5-13(6-4-2)16-10-8-12-7-9-15-11-14(12)16/h7-11,13H,3-6H2,1-2H3. The lowest BCUT2D eigenvalue weighted by molar-refractivity contribution is 0.437. The molecular weight excluding hydrogens is 196 g/mol. The summed E-state index contributed by atoms with van der Waals surface area (Å²) in [4.78, 5) is 4.23. The fraction of sp³-hybridized carbons (Fsp3) is 0.500. The molecule has 0 aliphatic rings. The van der Waals surface area contributed by atoms with E-state index < -0.39 is 0 Å². The molecule has 2 aromatic rings. The molecule has 0 radical (unpaired) electrons. The van der Waals surface area contributed by atoms with Crippen LogP contribution in [-0.2, 0) is 0 Å². The van der Waals surface area contributed by atoms with Crippen molar-refractivity contribution < 1.29 is 0 Å². The first kappa shape index (κ1) is 11.2. The summed E-state index contributed by atoms with van der Waals surface area (Å²) >= 11 is 0. The zero-order chi connectivity index (χ0) is 11.4. The highest BCUT2D eigenvalue weighted by Crippen LogP contribution is 2.25. The van der Waals surface area contributed by atoms with Crippen LogP contribution in [0.15, 0.2) is 30.7 Å². The van der Waals surface area contributed by atoms with Crippen molar-refractivity contribution in [3.05, 3.63) is 30.7 Å². The van der Waals surface area contributed by atoms with E-state index in [-0.39, 0.29) is 0 Å². The van der Waals surface area contributed by atoms with E-state index in [9.17, 15) is 0 Å². The fourth-order valence-electron chi connectivity index (χ4n) is 2.40. The second-order valence-electron chi connectivity index (χ2n) is 4.39. The molecule has 2 nitrogen and oxygen atoms in total. The number of fused-ring (bicyclic) bond motifs is 1. The molecule has 0 aliphatic carbocycles. The molecule has 2 heteroatoms. The zero-order valence-electron chi connectivity index (χ0n) is 10.2. The number of hydrogen-bond donors (Lipinski definition) is 0. The van der Waals surface area contributed by atoms with Crippen LogP contribution in [0.5, 0.6) is 0 Å². The normalized spacial score (nSPS) is 11.4. The van der Waals surface area contributed by atoms with Gasteiger partial charge in [0.15, 0.2) is 0 Å². The van der Waals surface area contributed by atoms with Crippen LogP contribution in [0.2, 0.25) is 0 Å². The number of hydrogen-bond acceptors (Lipinski definition) is 1. The van der Waals surface area contributed by atoms with E-state index in [0.29, 0.717) is 6.04 Å². The Kier molecular flexibility index (Phi) is 3.60. The van der Waals surface area contributed by atoms with Crippen molar-refractivity contribution in [2.24, 2.45) is 0 Å². The minimum absolute atomic E-state index is 0.636. The maximum atomic E-state index is 4.23. The van der Waals surface area contributed by atoms with Crippen molar-refractivity contribution in [1.29, 1.82) is 0 Å². The van der Waals surface area contributed by atoms with Crippen molar-refractivity contribution in [1.82, 2.24) is 9.55 Å². The fourth-order valence-corrected chi connectivity index (χ4v) is 2.40. The molecule has 0 aromatic carbocycles. The molecule has 0 N–H and O–H groups in total. The highest BCUT2D eigenvalue weighted by atomic mass is 15.0. The highest BCUT2D eigenvalue weighted by molar-refractivity contribution is 5.78. The van der Waals surface area contributed by atoms with Gasteiger partial charge in [0.05, 0.1) is 11.7 Å². The SMILES string of the molecule is CCCC(CCC)n1ccc2ccncc21. The molecule has 0 atom stereocenters. The van der Waals surface area contributed by atoms with Gasteiger partial charge in [-0.05, 0) is 25.0 Å². The van der Waals surface area contributed by atoms with Gasteiger partial charge in [0, 0.05) is 23.8 Å². The Hall–Kier alpha value is -1.31. The van der Waals surface area contributed by atoms with Crippen molar-refractivity contribution in [3.63, 3.8) is 0 Å². The minimum atomic E-state index is 0.636. The minimum Gasteiger partial charge on any atom is -0.343 e. The maximum absolute atomic E-state index is 4.23. The van der Waals surface area contributed by atoms with Gasteiger partial charge in [-0.25, -0.2) is 0 Å². The predicted octanol–water partition coefficient (Wildman–Crippen LogP) is 4.18. The highest BCUT2D eigenvalue weighted by Gasteiger charge is 2.11. The Balaban J connectivity index is 2.36. The van der Waals surface area contributed by atoms with Crippen LogP contribution < -0.4 is 0 Å². The smallest absolute Gasteiger partial charge is 0.0669 e. The summed E-state index contributed by atoms with van der Waals surface area (Å²) in [6.45, 7) is 4.51. The van der Waals surface area contributed by atoms with Crippen molar-refractivity contribution in [2.75, 3.05) is 0 Å². The van der Waals surface area contributed by atoms with E-state index in [0.717, 1.165) is 0 Å². The second-order valence-corrected chi connectivity index (χ2v) is 4.39. The molecule has 0 fully saturated rings. The van der Waals surface area contributed by atoms with Gasteiger partial charge in [-0.1, -0.05) is 26.7 Å². The van der Waals surface area contributed by atoms with Crippen molar-refractivity contribution in [3.8, 4) is 0 Å². The summed E-state index contributed by atoms with van der Waals surface area (Å²) in [7, 11) is 0. The van der Waals surface area contributed by atoms with E-state index >= 15 is 0 Å². The third-order valence-corrected chi connectivity index (χ3v) is 3.16. The Labute approximate surface area is 97.3 Å². The summed E-state index contributed by atoms with van der Waals surface area (Å²) in [6, 6.07) is 4.91. The predicted molar refractivity (Wildman–Crippen MR) is 68.6 cm³/mol. The van der Waals surface area contributed by atoms with E-state index in [4.69, 9.17) is 0 Å². The van der Waals surface area contributed by atoms with Crippen LogP contribution in [-0.4, -0.2) is 9.55 Å². The number of nitrogens with zero attached hydrogens (tertiary/aromatic N) is 2. The molecule has 0 unspecified atom stereocenters. The molecule has 0 saturated carbocycles. The quantitative estimate of drug-likeness (QED) is 0.733. The first-order chi connectivity index (χ1) is 7.86. The monoisotopic (exact) mass is 216 g/mol. The maximum Gasteiger partial charge on any atom is 0.0669 e. The van der Waals surface area contributed by atoms with Gasteiger partial charge in [0.2, 0.25) is 0 Å². The first-order valence-corrected chi connectivity index (χ1v) is 6.27. The summed E-state index contributed by atoms with van der Waals surface area (Å²) in [5, 5.41) is 1.30. The summed E-state index contributed by atoms with van der Waals surface area (Å²) < 4.78 is 2.40. The molecule has 86 valence electrons.